The van der Waals surface area contributed by atoms with Gasteiger partial charge in [-0.3, -0.25) is 19.2 Å². The maximum absolute atomic E-state index is 14.0. The average Bonchev–Trinajstić information content (AvgIpc) is 3.57. The van der Waals surface area contributed by atoms with Gasteiger partial charge in [0.05, 0.1) is 18.4 Å². The van der Waals surface area contributed by atoms with Gasteiger partial charge in [-0.1, -0.05) is 17.7 Å². The summed E-state index contributed by atoms with van der Waals surface area (Å²) in [4.78, 5) is 45.1. The number of likely N-dealkylation sites (tertiary alicyclic amines) is 1. The van der Waals surface area contributed by atoms with Gasteiger partial charge in [0.25, 0.3) is 12.3 Å². The molecule has 3 aromatic heterocycles. The van der Waals surface area contributed by atoms with Crippen molar-refractivity contribution in [1.82, 2.24) is 34.2 Å². The molecule has 1 aliphatic rings. The van der Waals surface area contributed by atoms with Crippen LogP contribution in [0.25, 0.3) is 16.9 Å². The van der Waals surface area contributed by atoms with Gasteiger partial charge in [-0.05, 0) is 38.1 Å². The number of rotatable bonds is 9. The van der Waals surface area contributed by atoms with Crippen LogP contribution in [0.2, 0.25) is 5.02 Å². The van der Waals surface area contributed by atoms with Crippen molar-refractivity contribution in [1.29, 1.82) is 0 Å². The van der Waals surface area contributed by atoms with Crippen LogP contribution in [0.1, 0.15) is 35.2 Å². The van der Waals surface area contributed by atoms with Crippen LogP contribution in [0.4, 0.5) is 14.5 Å². The lowest BCUT2D eigenvalue weighted by molar-refractivity contribution is -0.133. The van der Waals surface area contributed by atoms with Crippen molar-refractivity contribution >= 4 is 41.0 Å². The first-order valence-corrected chi connectivity index (χ1v) is 13.3. The number of nitrogens with one attached hydrogen (secondary N) is 1. The van der Waals surface area contributed by atoms with Gasteiger partial charge in [-0.15, -0.1) is 0 Å². The first-order valence-electron chi connectivity index (χ1n) is 12.9. The molecule has 0 saturated carbocycles. The monoisotopic (exact) mass is 584 g/mol. The summed E-state index contributed by atoms with van der Waals surface area (Å²) in [5, 5.41) is 11.5. The molecule has 2 amide bonds. The van der Waals surface area contributed by atoms with Crippen molar-refractivity contribution in [2.75, 3.05) is 32.0 Å². The zero-order chi connectivity index (χ0) is 29.1. The number of amides is 2. The van der Waals surface area contributed by atoms with E-state index in [1.165, 1.54) is 46.0 Å². The highest BCUT2D eigenvalue weighted by Crippen LogP contribution is 2.36. The molecule has 1 saturated heterocycles. The molecule has 0 unspecified atom stereocenters. The highest BCUT2D eigenvalue weighted by Gasteiger charge is 2.27. The molecule has 0 radical (unpaired) electrons. The van der Waals surface area contributed by atoms with E-state index in [4.69, 9.17) is 11.6 Å². The molecule has 214 valence electrons. The third-order valence-electron chi connectivity index (χ3n) is 7.14. The van der Waals surface area contributed by atoms with E-state index in [2.05, 4.69) is 20.5 Å². The van der Waals surface area contributed by atoms with Gasteiger partial charge in [-0.2, -0.15) is 10.2 Å². The summed E-state index contributed by atoms with van der Waals surface area (Å²) < 4.78 is 30.7. The maximum atomic E-state index is 14.0. The smallest absolute Gasteiger partial charge is 0.264 e. The Morgan fingerprint density at radius 1 is 1.27 bits per heavy atom. The molecule has 1 aliphatic heterocycles. The summed E-state index contributed by atoms with van der Waals surface area (Å²) in [6, 6.07) is 5.78. The van der Waals surface area contributed by atoms with Crippen LogP contribution in [-0.4, -0.2) is 85.0 Å². The van der Waals surface area contributed by atoms with E-state index >= 15 is 0 Å². The molecular weight excluding hydrogens is 558 g/mol. The zero-order valence-electron chi connectivity index (χ0n) is 22.1. The topological polar surface area (TPSA) is 118 Å². The summed E-state index contributed by atoms with van der Waals surface area (Å²) in [6.45, 7) is 1.19. The molecule has 5 rings (SSSR count). The van der Waals surface area contributed by atoms with E-state index in [0.29, 0.717) is 25.3 Å². The van der Waals surface area contributed by atoms with E-state index in [1.807, 2.05) is 11.9 Å². The van der Waals surface area contributed by atoms with Crippen molar-refractivity contribution in [3.05, 3.63) is 65.2 Å². The average molecular weight is 585 g/mol. The summed E-state index contributed by atoms with van der Waals surface area (Å²) >= 11 is 6.15. The lowest BCUT2D eigenvalue weighted by Gasteiger charge is -2.36. The Bertz CT molecular complexity index is 1580. The highest BCUT2D eigenvalue weighted by atomic mass is 35.5. The molecule has 0 atom stereocenters. The molecule has 0 aliphatic carbocycles. The Kier molecular flexibility index (Phi) is 8.36. The normalized spacial score (nSPS) is 14.2. The number of hydrogen-bond acceptors (Lipinski definition) is 7. The van der Waals surface area contributed by atoms with Gasteiger partial charge >= 0.3 is 0 Å². The third kappa shape index (κ3) is 6.10. The number of likely N-dealkylation sites (N-methyl/N-ethyl adjacent to an activating group) is 1. The lowest BCUT2D eigenvalue weighted by atomic mass is 10.0. The molecule has 11 nitrogen and oxygen atoms in total. The zero-order valence-corrected chi connectivity index (χ0v) is 22.8. The molecule has 0 spiro atoms. The predicted octanol–water partition coefficient (Wildman–Crippen LogP) is 3.56. The molecule has 1 aromatic carbocycles. The lowest BCUT2D eigenvalue weighted by Crippen LogP contribution is -2.46. The van der Waals surface area contributed by atoms with Crippen LogP contribution in [0.3, 0.4) is 0 Å². The number of piperidine rings is 1. The quantitative estimate of drug-likeness (QED) is 0.299. The highest BCUT2D eigenvalue weighted by molar-refractivity contribution is 6.31. The minimum absolute atomic E-state index is 0.0333. The summed E-state index contributed by atoms with van der Waals surface area (Å²) in [5.74, 6) is -0.784. The standard InChI is InChI=1S/C27H27ClF2N8O3/c1-35(11-12-39)18-5-9-36(10-6-18)23(40)16-37-15-22(24(34-37)20-13-17(28)3-4-19(20)25(29)30)33-27(41)21-14-32-38-8-2-7-31-26(21)38/h2-4,7-8,12-15,18,25H,5-6,9-11,16H2,1H3,(H,33,41). The number of hydrogen-bond donors (Lipinski definition) is 1. The summed E-state index contributed by atoms with van der Waals surface area (Å²) in [6.07, 6.45) is 5.40. The van der Waals surface area contributed by atoms with Gasteiger partial charge in [0.1, 0.15) is 24.1 Å². The number of nitrogens with zero attached hydrogens (tertiary/aromatic N) is 7. The third-order valence-corrected chi connectivity index (χ3v) is 7.37. The fourth-order valence-electron chi connectivity index (χ4n) is 4.95. The summed E-state index contributed by atoms with van der Waals surface area (Å²) in [5.41, 5.74) is 0.362. The second-order valence-corrected chi connectivity index (χ2v) is 10.2. The summed E-state index contributed by atoms with van der Waals surface area (Å²) in [7, 11) is 1.88. The number of aromatic nitrogens is 5. The van der Waals surface area contributed by atoms with E-state index in [0.717, 1.165) is 19.1 Å². The Hall–Kier alpha value is -4.23. The van der Waals surface area contributed by atoms with Crippen molar-refractivity contribution < 1.29 is 23.2 Å². The second-order valence-electron chi connectivity index (χ2n) is 9.74. The molecule has 14 heteroatoms. The Morgan fingerprint density at radius 2 is 2.05 bits per heavy atom. The molecule has 4 aromatic rings. The van der Waals surface area contributed by atoms with Gasteiger partial charge < -0.3 is 15.0 Å². The van der Waals surface area contributed by atoms with E-state index < -0.39 is 12.3 Å². The number of benzene rings is 1. The number of aldehydes is 1. The maximum Gasteiger partial charge on any atom is 0.264 e. The molecule has 0 bridgehead atoms. The fraction of sp³-hybridized carbons (Fsp3) is 0.333. The van der Waals surface area contributed by atoms with Crippen LogP contribution in [0.15, 0.2) is 49.1 Å². The fourth-order valence-corrected chi connectivity index (χ4v) is 5.13. The van der Waals surface area contributed by atoms with Crippen molar-refractivity contribution in [3.63, 3.8) is 0 Å². The first kappa shape index (κ1) is 28.3. The van der Waals surface area contributed by atoms with Crippen molar-refractivity contribution in [2.24, 2.45) is 0 Å². The van der Waals surface area contributed by atoms with E-state index in [-0.39, 0.29) is 51.6 Å². The Labute approximate surface area is 238 Å². The molecule has 41 heavy (non-hydrogen) atoms. The van der Waals surface area contributed by atoms with Gasteiger partial charge in [0.15, 0.2) is 5.65 Å². The number of alkyl halides is 2. The number of halogens is 3. The van der Waals surface area contributed by atoms with Gasteiger partial charge in [0, 0.05) is 53.9 Å². The SMILES string of the molecule is CN(CC=O)C1CCN(C(=O)Cn2cc(NC(=O)c3cnn4cccnc34)c(-c3cc(Cl)ccc3C(F)F)n2)CC1. The van der Waals surface area contributed by atoms with Gasteiger partial charge in [0.2, 0.25) is 5.91 Å². The first-order chi connectivity index (χ1) is 19.7. The number of fused-ring (bicyclic) bond motifs is 1. The largest absolute Gasteiger partial charge is 0.341 e. The Balaban J connectivity index is 1.42. The molecule has 1 N–H and O–H groups in total. The molecular formula is C27H27ClF2N8O3. The Morgan fingerprint density at radius 3 is 2.78 bits per heavy atom. The van der Waals surface area contributed by atoms with Crippen molar-refractivity contribution in [2.45, 2.75) is 31.9 Å². The van der Waals surface area contributed by atoms with Crippen LogP contribution in [0.5, 0.6) is 0 Å². The number of carbonyl (C=O) groups excluding carboxylic acids is 3. The second kappa shape index (κ2) is 12.1. The minimum Gasteiger partial charge on any atom is -0.341 e. The number of carbonyl (C=O) groups is 3. The van der Waals surface area contributed by atoms with Gasteiger partial charge in [-0.25, -0.2) is 18.3 Å². The van der Waals surface area contributed by atoms with Crippen LogP contribution >= 0.6 is 11.6 Å². The van der Waals surface area contributed by atoms with Crippen LogP contribution in [0, 0.1) is 0 Å². The van der Waals surface area contributed by atoms with Crippen LogP contribution < -0.4 is 5.32 Å². The number of anilines is 1. The molecule has 1 fully saturated rings. The van der Waals surface area contributed by atoms with Crippen LogP contribution in [-0.2, 0) is 16.1 Å². The predicted molar refractivity (Wildman–Crippen MR) is 147 cm³/mol. The minimum atomic E-state index is -2.83. The molecule has 4 heterocycles. The van der Waals surface area contributed by atoms with E-state index in [9.17, 15) is 23.2 Å². The van der Waals surface area contributed by atoms with E-state index in [1.54, 1.807) is 17.2 Å². The van der Waals surface area contributed by atoms with Crippen molar-refractivity contribution in [3.8, 4) is 11.3 Å².